The Kier molecular flexibility index (Phi) is 4.66. The van der Waals surface area contributed by atoms with Crippen LogP contribution in [0.2, 0.25) is 0 Å². The lowest BCUT2D eigenvalue weighted by atomic mass is 10.2. The lowest BCUT2D eigenvalue weighted by Crippen LogP contribution is -2.28. The molecule has 0 saturated carbocycles. The van der Waals surface area contributed by atoms with E-state index in [0.717, 1.165) is 17.1 Å². The number of thiazole rings is 2. The van der Waals surface area contributed by atoms with Gasteiger partial charge in [0.05, 0.1) is 11.7 Å². The third kappa shape index (κ3) is 3.39. The van der Waals surface area contributed by atoms with Crippen LogP contribution in [0, 0.1) is 0 Å². The van der Waals surface area contributed by atoms with Crippen LogP contribution in [-0.2, 0) is 0 Å². The van der Waals surface area contributed by atoms with Gasteiger partial charge in [0.25, 0.3) is 5.91 Å². The molecule has 0 bridgehead atoms. The molecule has 0 spiro atoms. The fourth-order valence-corrected chi connectivity index (χ4v) is 3.27. The Hall–Kier alpha value is -1.27. The molecule has 1 atom stereocenters. The number of nitrogens with one attached hydrogen (secondary N) is 1. The van der Waals surface area contributed by atoms with Crippen LogP contribution < -0.4 is 5.32 Å². The van der Waals surface area contributed by atoms with E-state index in [2.05, 4.69) is 29.1 Å². The predicted molar refractivity (Wildman–Crippen MR) is 78.8 cm³/mol. The number of carbonyl (C=O) groups excluding carboxylic acids is 1. The Labute approximate surface area is 120 Å². The van der Waals surface area contributed by atoms with E-state index in [1.807, 2.05) is 17.7 Å². The van der Waals surface area contributed by atoms with E-state index in [1.54, 1.807) is 17.5 Å². The van der Waals surface area contributed by atoms with Crippen molar-refractivity contribution in [2.45, 2.75) is 39.2 Å². The van der Waals surface area contributed by atoms with Crippen molar-refractivity contribution in [1.29, 1.82) is 0 Å². The molecule has 2 heterocycles. The Balaban J connectivity index is 2.07. The summed E-state index contributed by atoms with van der Waals surface area (Å²) in [5.41, 5.74) is 0.970. The quantitative estimate of drug-likeness (QED) is 0.917. The minimum absolute atomic E-state index is 0.0288. The molecule has 0 fully saturated rings. The summed E-state index contributed by atoms with van der Waals surface area (Å²) >= 11 is 2.96. The highest BCUT2D eigenvalue weighted by atomic mass is 32.1. The van der Waals surface area contributed by atoms with E-state index in [0.29, 0.717) is 10.9 Å². The van der Waals surface area contributed by atoms with Crippen molar-refractivity contribution in [3.05, 3.63) is 32.7 Å². The van der Waals surface area contributed by atoms with Crippen LogP contribution in [0.3, 0.4) is 0 Å². The molecule has 2 rings (SSSR count). The molecule has 4 nitrogen and oxygen atoms in total. The molecule has 0 radical (unpaired) electrons. The zero-order valence-corrected chi connectivity index (χ0v) is 12.8. The molecule has 1 amide bonds. The zero-order valence-electron chi connectivity index (χ0n) is 11.2. The number of hydrogen-bond acceptors (Lipinski definition) is 5. The number of nitrogens with zero attached hydrogens (tertiary/aromatic N) is 2. The monoisotopic (exact) mass is 295 g/mol. The van der Waals surface area contributed by atoms with E-state index < -0.39 is 0 Å². The van der Waals surface area contributed by atoms with Gasteiger partial charge in [-0.15, -0.1) is 22.7 Å². The normalized spacial score (nSPS) is 12.6. The highest BCUT2D eigenvalue weighted by Crippen LogP contribution is 2.21. The van der Waals surface area contributed by atoms with Gasteiger partial charge in [0.2, 0.25) is 0 Å². The number of carbonyl (C=O) groups is 1. The molecule has 0 aromatic carbocycles. The maximum atomic E-state index is 12.2. The van der Waals surface area contributed by atoms with Gasteiger partial charge in [0, 0.05) is 17.0 Å². The number of rotatable bonds is 5. The van der Waals surface area contributed by atoms with Crippen LogP contribution in [0.5, 0.6) is 0 Å². The minimum Gasteiger partial charge on any atom is -0.341 e. The SMILES string of the molecule is CCC(NC(=O)c1nc(C(C)C)cs1)c1nccs1. The van der Waals surface area contributed by atoms with Gasteiger partial charge in [0.15, 0.2) is 5.01 Å². The summed E-state index contributed by atoms with van der Waals surface area (Å²) in [5, 5.41) is 8.33. The smallest absolute Gasteiger partial charge is 0.280 e. The highest BCUT2D eigenvalue weighted by molar-refractivity contribution is 7.11. The molecule has 19 heavy (non-hydrogen) atoms. The lowest BCUT2D eigenvalue weighted by Gasteiger charge is -2.13. The first-order chi connectivity index (χ1) is 9.11. The number of aromatic nitrogens is 2. The lowest BCUT2D eigenvalue weighted by molar-refractivity contribution is 0.0935. The van der Waals surface area contributed by atoms with Gasteiger partial charge in [-0.25, -0.2) is 9.97 Å². The minimum atomic E-state index is -0.112. The standard InChI is InChI=1S/C13H17N3OS2/c1-4-9(12-14-5-6-18-12)15-11(17)13-16-10(7-19-13)8(2)3/h5-9H,4H2,1-3H3,(H,15,17). The summed E-state index contributed by atoms with van der Waals surface area (Å²) < 4.78 is 0. The van der Waals surface area contributed by atoms with Gasteiger partial charge < -0.3 is 5.32 Å². The van der Waals surface area contributed by atoms with Gasteiger partial charge in [0.1, 0.15) is 5.01 Å². The molecule has 0 saturated heterocycles. The van der Waals surface area contributed by atoms with Crippen LogP contribution in [0.15, 0.2) is 17.0 Å². The average molecular weight is 295 g/mol. The molecule has 1 unspecified atom stereocenters. The molecular formula is C13H17N3OS2. The molecule has 2 aromatic heterocycles. The average Bonchev–Trinajstić information content (AvgIpc) is 3.05. The van der Waals surface area contributed by atoms with Gasteiger partial charge in [-0.05, 0) is 12.3 Å². The van der Waals surface area contributed by atoms with Crippen molar-refractivity contribution < 1.29 is 4.79 Å². The second kappa shape index (κ2) is 6.25. The van der Waals surface area contributed by atoms with E-state index in [9.17, 15) is 4.79 Å². The van der Waals surface area contributed by atoms with E-state index in [4.69, 9.17) is 0 Å². The van der Waals surface area contributed by atoms with E-state index in [1.165, 1.54) is 11.3 Å². The van der Waals surface area contributed by atoms with E-state index in [-0.39, 0.29) is 11.9 Å². The first kappa shape index (κ1) is 14.1. The summed E-state index contributed by atoms with van der Waals surface area (Å²) in [7, 11) is 0. The summed E-state index contributed by atoms with van der Waals surface area (Å²) in [6, 6.07) is -0.0288. The van der Waals surface area contributed by atoms with E-state index >= 15 is 0 Å². The Morgan fingerprint density at radius 1 is 1.42 bits per heavy atom. The molecule has 0 aliphatic heterocycles. The predicted octanol–water partition coefficient (Wildman–Crippen LogP) is 3.60. The second-order valence-electron chi connectivity index (χ2n) is 4.54. The second-order valence-corrected chi connectivity index (χ2v) is 6.32. The molecule has 1 N–H and O–H groups in total. The van der Waals surface area contributed by atoms with Gasteiger partial charge in [-0.3, -0.25) is 4.79 Å². The fraction of sp³-hybridized carbons (Fsp3) is 0.462. The molecule has 0 aliphatic rings. The third-order valence-corrected chi connectivity index (χ3v) is 4.52. The highest BCUT2D eigenvalue weighted by Gasteiger charge is 2.18. The van der Waals surface area contributed by atoms with Crippen LogP contribution in [0.25, 0.3) is 0 Å². The summed E-state index contributed by atoms with van der Waals surface area (Å²) in [4.78, 5) is 20.8. The van der Waals surface area contributed by atoms with Crippen LogP contribution in [-0.4, -0.2) is 15.9 Å². The maximum Gasteiger partial charge on any atom is 0.280 e. The summed E-state index contributed by atoms with van der Waals surface area (Å²) in [6.07, 6.45) is 2.58. The van der Waals surface area contributed by atoms with Gasteiger partial charge in [-0.2, -0.15) is 0 Å². The molecule has 2 aromatic rings. The van der Waals surface area contributed by atoms with Crippen LogP contribution in [0.4, 0.5) is 0 Å². The Bertz CT molecular complexity index is 534. The maximum absolute atomic E-state index is 12.2. The largest absolute Gasteiger partial charge is 0.341 e. The summed E-state index contributed by atoms with van der Waals surface area (Å²) in [6.45, 7) is 6.18. The van der Waals surface area contributed by atoms with Crippen LogP contribution >= 0.6 is 22.7 Å². The van der Waals surface area contributed by atoms with Crippen molar-refractivity contribution in [2.75, 3.05) is 0 Å². The first-order valence-corrected chi connectivity index (χ1v) is 8.03. The molecule has 0 aliphatic carbocycles. The van der Waals surface area contributed by atoms with Gasteiger partial charge >= 0.3 is 0 Å². The zero-order chi connectivity index (χ0) is 13.8. The molecular weight excluding hydrogens is 278 g/mol. The molecule has 6 heteroatoms. The summed E-state index contributed by atoms with van der Waals surface area (Å²) in [5.74, 6) is 0.234. The number of hydrogen-bond donors (Lipinski definition) is 1. The molecule has 102 valence electrons. The first-order valence-electron chi connectivity index (χ1n) is 6.27. The number of amides is 1. The van der Waals surface area contributed by atoms with Gasteiger partial charge in [-0.1, -0.05) is 20.8 Å². The topological polar surface area (TPSA) is 54.9 Å². The van der Waals surface area contributed by atoms with Crippen LogP contribution in [0.1, 0.15) is 59.7 Å². The Morgan fingerprint density at radius 2 is 2.21 bits per heavy atom. The van der Waals surface area contributed by atoms with Crippen molar-refractivity contribution >= 4 is 28.6 Å². The fourth-order valence-electron chi connectivity index (χ4n) is 1.62. The third-order valence-electron chi connectivity index (χ3n) is 2.77. The van der Waals surface area contributed by atoms with Crippen molar-refractivity contribution in [3.63, 3.8) is 0 Å². The van der Waals surface area contributed by atoms with Crippen molar-refractivity contribution in [1.82, 2.24) is 15.3 Å². The van der Waals surface area contributed by atoms with Crippen molar-refractivity contribution in [2.24, 2.45) is 0 Å². The Morgan fingerprint density at radius 3 is 2.74 bits per heavy atom. The van der Waals surface area contributed by atoms with Crippen molar-refractivity contribution in [3.8, 4) is 0 Å².